The van der Waals surface area contributed by atoms with Gasteiger partial charge in [-0.25, -0.2) is 0 Å². The number of aliphatic hydroxyl groups is 3. The number of hydrogen-bond donors (Lipinski definition) is 3. The average molecular weight is 262 g/mol. The van der Waals surface area contributed by atoms with Crippen molar-refractivity contribution in [2.75, 3.05) is 6.61 Å². The van der Waals surface area contributed by atoms with Gasteiger partial charge in [-0.3, -0.25) is 4.79 Å². The van der Waals surface area contributed by atoms with Crippen LogP contribution in [-0.2, 0) is 14.3 Å². The van der Waals surface area contributed by atoms with Crippen LogP contribution in [0.15, 0.2) is 0 Å². The number of ether oxygens (including phenoxy) is 2. The minimum absolute atomic E-state index is 0.147. The number of rotatable bonds is 2. The Kier molecular flexibility index (Phi) is 4.72. The van der Waals surface area contributed by atoms with Gasteiger partial charge in [0.25, 0.3) is 0 Å². The van der Waals surface area contributed by atoms with Gasteiger partial charge in [0.2, 0.25) is 0 Å². The summed E-state index contributed by atoms with van der Waals surface area (Å²) in [6.45, 7) is 6.59. The van der Waals surface area contributed by atoms with Crippen LogP contribution in [0.25, 0.3) is 0 Å². The van der Waals surface area contributed by atoms with Gasteiger partial charge in [-0.2, -0.15) is 0 Å². The van der Waals surface area contributed by atoms with Gasteiger partial charge < -0.3 is 24.8 Å². The van der Waals surface area contributed by atoms with Crippen LogP contribution in [0.1, 0.15) is 27.7 Å². The number of carbonyl (C=O) groups excluding carboxylic acids is 1. The lowest BCUT2D eigenvalue weighted by Gasteiger charge is -2.39. The monoisotopic (exact) mass is 262 g/mol. The summed E-state index contributed by atoms with van der Waals surface area (Å²) in [5.74, 6) is -0.411. The normalized spacial score (nSPS) is 37.4. The Hall–Kier alpha value is -0.690. The first-order valence-corrected chi connectivity index (χ1v) is 6.01. The van der Waals surface area contributed by atoms with Crippen LogP contribution in [0.4, 0.5) is 0 Å². The van der Waals surface area contributed by atoms with Gasteiger partial charge in [0.1, 0.15) is 31.0 Å². The molecule has 6 nitrogen and oxygen atoms in total. The summed E-state index contributed by atoms with van der Waals surface area (Å²) >= 11 is 0. The zero-order chi connectivity index (χ0) is 14.1. The molecule has 0 amide bonds. The van der Waals surface area contributed by atoms with Gasteiger partial charge in [0.15, 0.2) is 0 Å². The van der Waals surface area contributed by atoms with Crippen LogP contribution in [0.3, 0.4) is 0 Å². The minimum atomic E-state index is -1.30. The van der Waals surface area contributed by atoms with Gasteiger partial charge in [0.05, 0.1) is 11.5 Å². The van der Waals surface area contributed by atoms with Crippen molar-refractivity contribution in [3.05, 3.63) is 0 Å². The number of esters is 1. The first kappa shape index (κ1) is 15.4. The standard InChI is InChI=1S/C12H22O6/c1-6-8(13)10(15)9(14)7(18-6)5-17-11(16)12(2,3)4/h6-10,13-15H,5H2,1-4H3/t6?,7-,8+,9-,10-/m1/s1. The molecule has 1 saturated heterocycles. The van der Waals surface area contributed by atoms with Gasteiger partial charge >= 0.3 is 5.97 Å². The molecule has 0 aromatic rings. The van der Waals surface area contributed by atoms with Gasteiger partial charge in [-0.15, -0.1) is 0 Å². The van der Waals surface area contributed by atoms with E-state index < -0.39 is 41.9 Å². The van der Waals surface area contributed by atoms with Crippen molar-refractivity contribution in [2.45, 2.75) is 58.2 Å². The zero-order valence-electron chi connectivity index (χ0n) is 11.2. The summed E-state index contributed by atoms with van der Waals surface area (Å²) in [4.78, 5) is 11.6. The highest BCUT2D eigenvalue weighted by Crippen LogP contribution is 2.22. The Morgan fingerprint density at radius 1 is 1.17 bits per heavy atom. The summed E-state index contributed by atoms with van der Waals surface area (Å²) in [6.07, 6.45) is -5.17. The fraction of sp³-hybridized carbons (Fsp3) is 0.917. The minimum Gasteiger partial charge on any atom is -0.462 e. The molecule has 1 fully saturated rings. The third-order valence-electron chi connectivity index (χ3n) is 2.94. The highest BCUT2D eigenvalue weighted by molar-refractivity contribution is 5.75. The molecule has 0 spiro atoms. The van der Waals surface area contributed by atoms with Crippen molar-refractivity contribution in [2.24, 2.45) is 5.41 Å². The molecule has 1 heterocycles. The number of carbonyl (C=O) groups is 1. The van der Waals surface area contributed by atoms with Crippen molar-refractivity contribution in [1.82, 2.24) is 0 Å². The largest absolute Gasteiger partial charge is 0.462 e. The molecule has 5 atom stereocenters. The molecule has 1 unspecified atom stereocenters. The van der Waals surface area contributed by atoms with E-state index in [1.165, 1.54) is 0 Å². The van der Waals surface area contributed by atoms with Crippen molar-refractivity contribution in [3.63, 3.8) is 0 Å². The second-order valence-corrected chi connectivity index (χ2v) is 5.70. The lowest BCUT2D eigenvalue weighted by molar-refractivity contribution is -0.228. The van der Waals surface area contributed by atoms with Crippen LogP contribution >= 0.6 is 0 Å². The van der Waals surface area contributed by atoms with E-state index in [1.54, 1.807) is 27.7 Å². The smallest absolute Gasteiger partial charge is 0.311 e. The van der Waals surface area contributed by atoms with Crippen LogP contribution in [0.2, 0.25) is 0 Å². The SMILES string of the molecule is CC1O[C@H](COC(=O)C(C)(C)C)[C@@H](O)[C@H](O)[C@H]1O. The Morgan fingerprint density at radius 2 is 1.72 bits per heavy atom. The lowest BCUT2D eigenvalue weighted by atomic mass is 9.95. The van der Waals surface area contributed by atoms with E-state index >= 15 is 0 Å². The summed E-state index contributed by atoms with van der Waals surface area (Å²) in [6, 6.07) is 0. The van der Waals surface area contributed by atoms with Crippen LogP contribution in [0, 0.1) is 5.41 Å². The van der Waals surface area contributed by atoms with Crippen LogP contribution in [0.5, 0.6) is 0 Å². The van der Waals surface area contributed by atoms with E-state index in [0.29, 0.717) is 0 Å². The van der Waals surface area contributed by atoms with Gasteiger partial charge in [-0.05, 0) is 27.7 Å². The fourth-order valence-corrected chi connectivity index (χ4v) is 1.65. The Morgan fingerprint density at radius 3 is 2.22 bits per heavy atom. The molecule has 0 radical (unpaired) electrons. The Balaban J connectivity index is 2.55. The van der Waals surface area contributed by atoms with Gasteiger partial charge in [0, 0.05) is 0 Å². The fourth-order valence-electron chi connectivity index (χ4n) is 1.65. The molecular formula is C12H22O6. The summed E-state index contributed by atoms with van der Waals surface area (Å²) in [7, 11) is 0. The predicted molar refractivity (Wildman–Crippen MR) is 62.8 cm³/mol. The maximum absolute atomic E-state index is 11.6. The van der Waals surface area contributed by atoms with E-state index in [2.05, 4.69) is 0 Å². The van der Waals surface area contributed by atoms with Crippen molar-refractivity contribution < 1.29 is 29.6 Å². The quantitative estimate of drug-likeness (QED) is 0.578. The first-order valence-electron chi connectivity index (χ1n) is 6.01. The van der Waals surface area contributed by atoms with Crippen molar-refractivity contribution in [1.29, 1.82) is 0 Å². The highest BCUT2D eigenvalue weighted by Gasteiger charge is 2.42. The zero-order valence-corrected chi connectivity index (χ0v) is 11.2. The number of aliphatic hydroxyl groups excluding tert-OH is 3. The second-order valence-electron chi connectivity index (χ2n) is 5.70. The van der Waals surface area contributed by atoms with Crippen LogP contribution in [-0.4, -0.2) is 58.4 Å². The van der Waals surface area contributed by atoms with Crippen molar-refractivity contribution >= 4 is 5.97 Å². The Labute approximate surface area is 107 Å². The molecule has 1 aliphatic rings. The lowest BCUT2D eigenvalue weighted by Crippen LogP contribution is -2.58. The molecule has 0 saturated carbocycles. The topological polar surface area (TPSA) is 96.2 Å². The van der Waals surface area contributed by atoms with E-state index in [9.17, 15) is 20.1 Å². The number of hydrogen-bond acceptors (Lipinski definition) is 6. The molecule has 0 aromatic heterocycles. The molecule has 3 N–H and O–H groups in total. The predicted octanol–water partition coefficient (Wildman–Crippen LogP) is -0.554. The molecular weight excluding hydrogens is 240 g/mol. The average Bonchev–Trinajstić information content (AvgIpc) is 2.27. The molecule has 1 aliphatic heterocycles. The van der Waals surface area contributed by atoms with Crippen molar-refractivity contribution in [3.8, 4) is 0 Å². The van der Waals surface area contributed by atoms with E-state index in [-0.39, 0.29) is 6.61 Å². The molecule has 0 aromatic carbocycles. The molecule has 6 heteroatoms. The molecule has 1 rings (SSSR count). The maximum atomic E-state index is 11.6. The molecule has 106 valence electrons. The molecule has 0 aliphatic carbocycles. The second kappa shape index (κ2) is 5.52. The van der Waals surface area contributed by atoms with E-state index in [1.807, 2.05) is 0 Å². The summed E-state index contributed by atoms with van der Waals surface area (Å²) in [5.41, 5.74) is -0.636. The van der Waals surface area contributed by atoms with Crippen LogP contribution < -0.4 is 0 Å². The van der Waals surface area contributed by atoms with E-state index in [4.69, 9.17) is 9.47 Å². The third kappa shape index (κ3) is 3.41. The first-order chi connectivity index (χ1) is 8.14. The molecule has 0 bridgehead atoms. The Bertz CT molecular complexity index is 297. The molecule has 18 heavy (non-hydrogen) atoms. The summed E-state index contributed by atoms with van der Waals surface area (Å²) < 4.78 is 10.3. The van der Waals surface area contributed by atoms with E-state index in [0.717, 1.165) is 0 Å². The summed E-state index contributed by atoms with van der Waals surface area (Å²) in [5, 5.41) is 28.8. The highest BCUT2D eigenvalue weighted by atomic mass is 16.6. The van der Waals surface area contributed by atoms with Gasteiger partial charge in [-0.1, -0.05) is 0 Å². The third-order valence-corrected chi connectivity index (χ3v) is 2.94. The maximum Gasteiger partial charge on any atom is 0.311 e.